The van der Waals surface area contributed by atoms with E-state index in [0.29, 0.717) is 0 Å². The van der Waals surface area contributed by atoms with E-state index >= 15 is 0 Å². The number of rotatable bonds is 3. The molecule has 2 heterocycles. The van der Waals surface area contributed by atoms with Crippen LogP contribution < -0.4 is 4.90 Å². The Labute approximate surface area is 110 Å². The van der Waals surface area contributed by atoms with E-state index in [0.717, 1.165) is 48.6 Å². The fourth-order valence-corrected chi connectivity index (χ4v) is 2.53. The van der Waals surface area contributed by atoms with E-state index in [4.69, 9.17) is 0 Å². The van der Waals surface area contributed by atoms with Crippen molar-refractivity contribution in [2.45, 2.75) is 13.5 Å². The normalized spacial score (nSPS) is 17.5. The summed E-state index contributed by atoms with van der Waals surface area (Å²) >= 11 is 3.38. The highest BCUT2D eigenvalue weighted by Crippen LogP contribution is 2.22. The molecule has 1 aliphatic heterocycles. The van der Waals surface area contributed by atoms with Crippen molar-refractivity contribution in [3.8, 4) is 0 Å². The molecule has 17 heavy (non-hydrogen) atoms. The van der Waals surface area contributed by atoms with Gasteiger partial charge in [0, 0.05) is 42.4 Å². The van der Waals surface area contributed by atoms with Crippen LogP contribution in [-0.2, 0) is 6.61 Å². The summed E-state index contributed by atoms with van der Waals surface area (Å²) in [5.41, 5.74) is 0.893. The van der Waals surface area contributed by atoms with Gasteiger partial charge < -0.3 is 14.9 Å². The Morgan fingerprint density at radius 2 is 2.06 bits per heavy atom. The fraction of sp³-hybridized carbons (Fsp3) is 0.583. The number of hydrogen-bond acceptors (Lipinski definition) is 4. The van der Waals surface area contributed by atoms with Crippen molar-refractivity contribution in [2.75, 3.05) is 37.6 Å². The second-order valence-corrected chi connectivity index (χ2v) is 5.13. The first-order valence-electron chi connectivity index (χ1n) is 5.97. The molecule has 1 saturated heterocycles. The van der Waals surface area contributed by atoms with Gasteiger partial charge in [0.25, 0.3) is 0 Å². The summed E-state index contributed by atoms with van der Waals surface area (Å²) in [5, 5.41) is 9.37. The van der Waals surface area contributed by atoms with Crippen LogP contribution in [-0.4, -0.2) is 47.7 Å². The highest BCUT2D eigenvalue weighted by atomic mass is 79.9. The Hall–Kier alpha value is -0.650. The average molecular weight is 300 g/mol. The first-order chi connectivity index (χ1) is 8.24. The number of piperazine rings is 1. The van der Waals surface area contributed by atoms with Crippen LogP contribution in [0.4, 0.5) is 5.82 Å². The zero-order valence-electron chi connectivity index (χ0n) is 10.1. The summed E-state index contributed by atoms with van der Waals surface area (Å²) in [5.74, 6) is 0.923. The van der Waals surface area contributed by atoms with Gasteiger partial charge in [0.1, 0.15) is 5.82 Å². The Morgan fingerprint density at radius 3 is 2.65 bits per heavy atom. The van der Waals surface area contributed by atoms with Crippen LogP contribution in [0.1, 0.15) is 12.5 Å². The number of aliphatic hydroxyl groups excluding tert-OH is 1. The van der Waals surface area contributed by atoms with Gasteiger partial charge in [-0.1, -0.05) is 6.92 Å². The second kappa shape index (κ2) is 5.80. The number of halogens is 1. The summed E-state index contributed by atoms with van der Waals surface area (Å²) in [7, 11) is 0. The van der Waals surface area contributed by atoms with E-state index in [1.807, 2.05) is 6.07 Å². The molecule has 4 nitrogen and oxygen atoms in total. The van der Waals surface area contributed by atoms with Gasteiger partial charge in [-0.3, -0.25) is 0 Å². The van der Waals surface area contributed by atoms with Gasteiger partial charge in [-0.15, -0.1) is 0 Å². The van der Waals surface area contributed by atoms with Gasteiger partial charge in [-0.05, 0) is 28.5 Å². The van der Waals surface area contributed by atoms with Crippen LogP contribution in [0.2, 0.25) is 0 Å². The highest BCUT2D eigenvalue weighted by molar-refractivity contribution is 9.10. The summed E-state index contributed by atoms with van der Waals surface area (Å²) in [6, 6.07) is 1.94. The van der Waals surface area contributed by atoms with Crippen LogP contribution in [0.15, 0.2) is 16.7 Å². The van der Waals surface area contributed by atoms with Crippen LogP contribution >= 0.6 is 15.9 Å². The van der Waals surface area contributed by atoms with E-state index < -0.39 is 0 Å². The molecule has 94 valence electrons. The number of likely N-dealkylation sites (N-methyl/N-ethyl adjacent to an activating group) is 1. The molecule has 0 bridgehead atoms. The highest BCUT2D eigenvalue weighted by Gasteiger charge is 2.19. The Morgan fingerprint density at radius 1 is 1.35 bits per heavy atom. The molecule has 1 N–H and O–H groups in total. The topological polar surface area (TPSA) is 39.6 Å². The molecule has 0 radical (unpaired) electrons. The molecule has 1 aromatic rings. The van der Waals surface area contributed by atoms with E-state index in [1.165, 1.54) is 0 Å². The maximum atomic E-state index is 9.37. The number of aliphatic hydroxyl groups is 1. The molecule has 0 aliphatic carbocycles. The minimum atomic E-state index is 0.0375. The largest absolute Gasteiger partial charge is 0.392 e. The maximum Gasteiger partial charge on any atom is 0.134 e. The lowest BCUT2D eigenvalue weighted by atomic mass is 10.2. The lowest BCUT2D eigenvalue weighted by Crippen LogP contribution is -2.46. The van der Waals surface area contributed by atoms with Crippen molar-refractivity contribution in [1.82, 2.24) is 9.88 Å². The lowest BCUT2D eigenvalue weighted by molar-refractivity contribution is 0.266. The van der Waals surface area contributed by atoms with Crippen molar-refractivity contribution in [1.29, 1.82) is 0 Å². The lowest BCUT2D eigenvalue weighted by Gasteiger charge is -2.35. The molecule has 5 heteroatoms. The van der Waals surface area contributed by atoms with Gasteiger partial charge in [0.05, 0.1) is 6.61 Å². The fourth-order valence-electron chi connectivity index (χ4n) is 2.15. The minimum absolute atomic E-state index is 0.0375. The quantitative estimate of drug-likeness (QED) is 0.918. The molecule has 2 rings (SSSR count). The van der Waals surface area contributed by atoms with Gasteiger partial charge in [-0.2, -0.15) is 0 Å². The summed E-state index contributed by atoms with van der Waals surface area (Å²) in [6.45, 7) is 7.43. The summed E-state index contributed by atoms with van der Waals surface area (Å²) in [4.78, 5) is 9.10. The number of nitrogens with zero attached hydrogens (tertiary/aromatic N) is 3. The van der Waals surface area contributed by atoms with Gasteiger partial charge in [0.15, 0.2) is 0 Å². The molecule has 0 amide bonds. The number of anilines is 1. The summed E-state index contributed by atoms with van der Waals surface area (Å²) in [6.07, 6.45) is 1.79. The number of aromatic nitrogens is 1. The predicted molar refractivity (Wildman–Crippen MR) is 72.2 cm³/mol. The van der Waals surface area contributed by atoms with Crippen molar-refractivity contribution in [3.63, 3.8) is 0 Å². The van der Waals surface area contributed by atoms with Crippen LogP contribution in [0.25, 0.3) is 0 Å². The smallest absolute Gasteiger partial charge is 0.134 e. The SMILES string of the molecule is CCN1CCN(c2ncc(Br)cc2CO)CC1. The van der Waals surface area contributed by atoms with Gasteiger partial charge in [-0.25, -0.2) is 4.98 Å². The van der Waals surface area contributed by atoms with Crippen molar-refractivity contribution in [3.05, 3.63) is 22.3 Å². The molecule has 0 atom stereocenters. The zero-order chi connectivity index (χ0) is 12.3. The first-order valence-corrected chi connectivity index (χ1v) is 6.76. The van der Waals surface area contributed by atoms with E-state index in [2.05, 4.69) is 37.6 Å². The summed E-state index contributed by atoms with van der Waals surface area (Å²) < 4.78 is 0.914. The van der Waals surface area contributed by atoms with Crippen LogP contribution in [0, 0.1) is 0 Å². The Bertz CT molecular complexity index is 378. The molecular formula is C12H18BrN3O. The van der Waals surface area contributed by atoms with Gasteiger partial charge >= 0.3 is 0 Å². The Balaban J connectivity index is 2.12. The van der Waals surface area contributed by atoms with E-state index in [-0.39, 0.29) is 6.61 Å². The van der Waals surface area contributed by atoms with E-state index in [9.17, 15) is 5.11 Å². The predicted octanol–water partition coefficient (Wildman–Crippen LogP) is 1.48. The molecule has 0 saturated carbocycles. The molecule has 0 unspecified atom stereocenters. The third-order valence-electron chi connectivity index (χ3n) is 3.20. The molecule has 1 fully saturated rings. The van der Waals surface area contributed by atoms with Gasteiger partial charge in [0.2, 0.25) is 0 Å². The molecule has 0 spiro atoms. The van der Waals surface area contributed by atoms with E-state index in [1.54, 1.807) is 6.20 Å². The van der Waals surface area contributed by atoms with Crippen molar-refractivity contribution < 1.29 is 5.11 Å². The average Bonchev–Trinajstić information content (AvgIpc) is 2.39. The minimum Gasteiger partial charge on any atom is -0.392 e. The van der Waals surface area contributed by atoms with Crippen LogP contribution in [0.3, 0.4) is 0 Å². The monoisotopic (exact) mass is 299 g/mol. The molecular weight excluding hydrogens is 282 g/mol. The zero-order valence-corrected chi connectivity index (χ0v) is 11.7. The van der Waals surface area contributed by atoms with Crippen molar-refractivity contribution >= 4 is 21.7 Å². The standard InChI is InChI=1S/C12H18BrN3O/c1-2-15-3-5-16(6-4-15)12-10(9-17)7-11(13)8-14-12/h7-8,17H,2-6,9H2,1H3. The second-order valence-electron chi connectivity index (χ2n) is 4.22. The molecule has 1 aliphatic rings. The number of hydrogen-bond donors (Lipinski definition) is 1. The first kappa shape index (κ1) is 12.8. The van der Waals surface area contributed by atoms with Crippen molar-refractivity contribution in [2.24, 2.45) is 0 Å². The number of pyridine rings is 1. The third-order valence-corrected chi connectivity index (χ3v) is 3.63. The molecule has 0 aromatic carbocycles. The Kier molecular flexibility index (Phi) is 4.36. The maximum absolute atomic E-state index is 9.37. The third kappa shape index (κ3) is 2.97. The molecule has 1 aromatic heterocycles. The van der Waals surface area contributed by atoms with Crippen LogP contribution in [0.5, 0.6) is 0 Å².